The Morgan fingerprint density at radius 3 is 2.95 bits per heavy atom. The van der Waals surface area contributed by atoms with E-state index >= 15 is 0 Å². The summed E-state index contributed by atoms with van der Waals surface area (Å²) in [5.41, 5.74) is 3.53. The van der Waals surface area contributed by atoms with E-state index < -0.39 is 0 Å². The molecule has 0 aromatic heterocycles. The smallest absolute Gasteiger partial charge is 0.0399 e. The predicted molar refractivity (Wildman–Crippen MR) is 91.0 cm³/mol. The van der Waals surface area contributed by atoms with Gasteiger partial charge in [0, 0.05) is 30.7 Å². The molecule has 2 aliphatic rings. The number of hydrogen-bond acceptors (Lipinski definition) is 2. The second-order valence-electron chi connectivity index (χ2n) is 7.35. The maximum absolute atomic E-state index is 3.66. The van der Waals surface area contributed by atoms with E-state index in [4.69, 9.17) is 0 Å². The maximum atomic E-state index is 3.66. The summed E-state index contributed by atoms with van der Waals surface area (Å²) in [6, 6.07) is 9.05. The van der Waals surface area contributed by atoms with Gasteiger partial charge >= 0.3 is 0 Å². The van der Waals surface area contributed by atoms with Crippen LogP contribution in [0, 0.1) is 11.3 Å². The zero-order chi connectivity index (χ0) is 14.7. The Morgan fingerprint density at radius 1 is 1.33 bits per heavy atom. The van der Waals surface area contributed by atoms with Gasteiger partial charge in [0.05, 0.1) is 0 Å². The van der Waals surface area contributed by atoms with Crippen LogP contribution in [0.4, 0.5) is 5.69 Å². The van der Waals surface area contributed by atoms with Gasteiger partial charge in [0.1, 0.15) is 0 Å². The predicted octanol–water partition coefficient (Wildman–Crippen LogP) is 3.86. The first-order valence-corrected chi connectivity index (χ1v) is 8.76. The molecule has 2 aliphatic heterocycles. The highest BCUT2D eigenvalue weighted by molar-refractivity contribution is 5.56. The van der Waals surface area contributed by atoms with E-state index in [1.807, 2.05) is 0 Å². The Labute approximate surface area is 129 Å². The quantitative estimate of drug-likeness (QED) is 0.904. The van der Waals surface area contributed by atoms with Crippen molar-refractivity contribution < 1.29 is 0 Å². The molecule has 116 valence electrons. The topological polar surface area (TPSA) is 15.3 Å². The molecule has 0 aliphatic carbocycles. The van der Waals surface area contributed by atoms with Gasteiger partial charge in [-0.3, -0.25) is 0 Å². The molecule has 2 heteroatoms. The number of para-hydroxylation sites is 1. The van der Waals surface area contributed by atoms with Gasteiger partial charge in [-0.05, 0) is 49.8 Å². The number of benzene rings is 1. The fourth-order valence-corrected chi connectivity index (χ4v) is 4.45. The highest BCUT2D eigenvalue weighted by Crippen LogP contribution is 2.37. The van der Waals surface area contributed by atoms with Crippen LogP contribution in [0.1, 0.15) is 45.1 Å². The van der Waals surface area contributed by atoms with E-state index in [1.54, 1.807) is 5.56 Å². The van der Waals surface area contributed by atoms with Crippen LogP contribution in [0.2, 0.25) is 0 Å². The summed E-state index contributed by atoms with van der Waals surface area (Å²) in [7, 11) is 0. The van der Waals surface area contributed by atoms with Crippen molar-refractivity contribution in [1.29, 1.82) is 0 Å². The van der Waals surface area contributed by atoms with E-state index in [-0.39, 0.29) is 0 Å². The van der Waals surface area contributed by atoms with Crippen LogP contribution in [0.15, 0.2) is 24.3 Å². The van der Waals surface area contributed by atoms with Gasteiger partial charge < -0.3 is 10.2 Å². The van der Waals surface area contributed by atoms with E-state index in [0.29, 0.717) is 5.41 Å². The lowest BCUT2D eigenvalue weighted by Crippen LogP contribution is -2.49. The van der Waals surface area contributed by atoms with Crippen molar-refractivity contribution in [1.82, 2.24) is 5.32 Å². The van der Waals surface area contributed by atoms with Gasteiger partial charge in [-0.2, -0.15) is 0 Å². The number of nitrogens with one attached hydrogen (secondary N) is 1. The number of fused-ring (bicyclic) bond motifs is 1. The first-order chi connectivity index (χ1) is 10.2. The SMILES string of the molecule is CCCC1(CN2CC(C)Cc3ccccc32)CCCNC1. The minimum Gasteiger partial charge on any atom is -0.370 e. The summed E-state index contributed by atoms with van der Waals surface area (Å²) in [5, 5.41) is 3.66. The number of anilines is 1. The van der Waals surface area contributed by atoms with Crippen molar-refractivity contribution in [3.63, 3.8) is 0 Å². The summed E-state index contributed by atoms with van der Waals surface area (Å²) in [6.45, 7) is 9.60. The van der Waals surface area contributed by atoms with E-state index in [2.05, 4.69) is 48.3 Å². The van der Waals surface area contributed by atoms with Gasteiger partial charge in [-0.15, -0.1) is 0 Å². The molecule has 1 N–H and O–H groups in total. The average molecular weight is 286 g/mol. The second kappa shape index (κ2) is 6.39. The molecular formula is C19H30N2. The molecule has 2 nitrogen and oxygen atoms in total. The Balaban J connectivity index is 1.82. The second-order valence-corrected chi connectivity index (χ2v) is 7.35. The van der Waals surface area contributed by atoms with Gasteiger partial charge in [0.25, 0.3) is 0 Å². The molecule has 3 rings (SSSR count). The summed E-state index contributed by atoms with van der Waals surface area (Å²) in [6.07, 6.45) is 6.62. The third kappa shape index (κ3) is 3.26. The minimum atomic E-state index is 0.483. The molecule has 1 saturated heterocycles. The summed E-state index contributed by atoms with van der Waals surface area (Å²) < 4.78 is 0. The van der Waals surface area contributed by atoms with Crippen LogP contribution >= 0.6 is 0 Å². The van der Waals surface area contributed by atoms with E-state index in [9.17, 15) is 0 Å². The van der Waals surface area contributed by atoms with Crippen molar-refractivity contribution in [2.75, 3.05) is 31.1 Å². The Bertz CT molecular complexity index is 457. The third-order valence-corrected chi connectivity index (χ3v) is 5.30. The zero-order valence-electron chi connectivity index (χ0n) is 13.7. The van der Waals surface area contributed by atoms with Crippen LogP contribution < -0.4 is 10.2 Å². The lowest BCUT2D eigenvalue weighted by atomic mass is 9.76. The molecule has 1 aromatic carbocycles. The molecule has 2 heterocycles. The minimum absolute atomic E-state index is 0.483. The third-order valence-electron chi connectivity index (χ3n) is 5.30. The molecule has 0 bridgehead atoms. The van der Waals surface area contributed by atoms with Crippen LogP contribution in [-0.2, 0) is 6.42 Å². The van der Waals surface area contributed by atoms with Crippen molar-refractivity contribution in [2.45, 2.75) is 46.0 Å². The van der Waals surface area contributed by atoms with Gasteiger partial charge in [0.2, 0.25) is 0 Å². The van der Waals surface area contributed by atoms with Crippen LogP contribution in [0.25, 0.3) is 0 Å². The normalized spacial score (nSPS) is 29.2. The molecule has 0 amide bonds. The lowest BCUT2D eigenvalue weighted by molar-refractivity contribution is 0.192. The zero-order valence-corrected chi connectivity index (χ0v) is 13.7. The van der Waals surface area contributed by atoms with Crippen molar-refractivity contribution in [3.05, 3.63) is 29.8 Å². The van der Waals surface area contributed by atoms with Crippen molar-refractivity contribution in [2.24, 2.45) is 11.3 Å². The van der Waals surface area contributed by atoms with Crippen LogP contribution in [0.5, 0.6) is 0 Å². The molecule has 1 fully saturated rings. The summed E-state index contributed by atoms with van der Waals surface area (Å²) in [5.74, 6) is 0.773. The first kappa shape index (κ1) is 14.9. The molecule has 1 aromatic rings. The number of rotatable bonds is 4. The first-order valence-electron chi connectivity index (χ1n) is 8.76. The van der Waals surface area contributed by atoms with E-state index in [0.717, 1.165) is 5.92 Å². The summed E-state index contributed by atoms with van der Waals surface area (Å²) >= 11 is 0. The molecule has 0 radical (unpaired) electrons. The fraction of sp³-hybridized carbons (Fsp3) is 0.684. The Kier molecular flexibility index (Phi) is 4.54. The monoisotopic (exact) mass is 286 g/mol. The Morgan fingerprint density at radius 2 is 2.19 bits per heavy atom. The fourth-order valence-electron chi connectivity index (χ4n) is 4.45. The number of piperidine rings is 1. The highest BCUT2D eigenvalue weighted by Gasteiger charge is 2.35. The van der Waals surface area contributed by atoms with Crippen LogP contribution in [-0.4, -0.2) is 26.2 Å². The highest BCUT2D eigenvalue weighted by atomic mass is 15.2. The molecule has 21 heavy (non-hydrogen) atoms. The molecule has 2 unspecified atom stereocenters. The largest absolute Gasteiger partial charge is 0.370 e. The Hall–Kier alpha value is -1.02. The average Bonchev–Trinajstić information content (AvgIpc) is 2.48. The van der Waals surface area contributed by atoms with Gasteiger partial charge in [0.15, 0.2) is 0 Å². The summed E-state index contributed by atoms with van der Waals surface area (Å²) in [4.78, 5) is 2.69. The molecule has 0 spiro atoms. The lowest BCUT2D eigenvalue weighted by Gasteiger charge is -2.45. The van der Waals surface area contributed by atoms with Gasteiger partial charge in [-0.25, -0.2) is 0 Å². The molecular weight excluding hydrogens is 256 g/mol. The number of hydrogen-bond donors (Lipinski definition) is 1. The maximum Gasteiger partial charge on any atom is 0.0399 e. The van der Waals surface area contributed by atoms with Gasteiger partial charge in [-0.1, -0.05) is 38.5 Å². The molecule has 0 saturated carbocycles. The van der Waals surface area contributed by atoms with Crippen molar-refractivity contribution >= 4 is 5.69 Å². The molecule has 2 atom stereocenters. The van der Waals surface area contributed by atoms with E-state index in [1.165, 1.54) is 64.0 Å². The van der Waals surface area contributed by atoms with Crippen molar-refractivity contribution in [3.8, 4) is 0 Å². The standard InChI is InChI=1S/C19H30N2/c1-3-9-19(10-6-11-20-14-19)15-21-13-16(2)12-17-7-4-5-8-18(17)21/h4-5,7-8,16,20H,3,6,9-15H2,1-2H3. The van der Waals surface area contributed by atoms with Crippen LogP contribution in [0.3, 0.4) is 0 Å². The number of nitrogens with zero attached hydrogens (tertiary/aromatic N) is 1.